The number of amides is 1. The van der Waals surface area contributed by atoms with Crippen molar-refractivity contribution in [3.63, 3.8) is 0 Å². The van der Waals surface area contributed by atoms with Crippen LogP contribution in [0.5, 0.6) is 0 Å². The Hall–Kier alpha value is -3.87. The number of hydrogen-bond donors (Lipinski definition) is 2. The van der Waals surface area contributed by atoms with E-state index in [0.717, 1.165) is 41.6 Å². The van der Waals surface area contributed by atoms with Crippen molar-refractivity contribution in [1.82, 2.24) is 9.97 Å². The summed E-state index contributed by atoms with van der Waals surface area (Å²) in [7, 11) is 0. The van der Waals surface area contributed by atoms with Crippen molar-refractivity contribution >= 4 is 39.9 Å². The molecule has 1 saturated heterocycles. The topological polar surface area (TPSA) is 83.3 Å². The molecular weight excluding hydrogens is 390 g/mol. The van der Waals surface area contributed by atoms with E-state index in [4.69, 9.17) is 4.42 Å². The average Bonchev–Trinajstić information content (AvgIpc) is 3.45. The lowest BCUT2D eigenvalue weighted by atomic mass is 10.2. The number of rotatable bonds is 5. The summed E-state index contributed by atoms with van der Waals surface area (Å²) in [6.07, 6.45) is 2.40. The Bertz CT molecular complexity index is 1190. The SMILES string of the molecule is Cc1nc(Nc2ccc(NC(=O)c3cc4ccccc4o3)cc2)cc(N2CCCC2)n1. The maximum Gasteiger partial charge on any atom is 0.291 e. The van der Waals surface area contributed by atoms with Crippen molar-refractivity contribution in [3.05, 3.63) is 72.2 Å². The molecule has 0 bridgehead atoms. The molecule has 2 N–H and O–H groups in total. The molecule has 1 fully saturated rings. The van der Waals surface area contributed by atoms with Crippen LogP contribution in [0.2, 0.25) is 0 Å². The second-order valence-corrected chi connectivity index (χ2v) is 7.66. The molecule has 156 valence electrons. The third kappa shape index (κ3) is 4.21. The minimum Gasteiger partial charge on any atom is -0.451 e. The van der Waals surface area contributed by atoms with Crippen LogP contribution < -0.4 is 15.5 Å². The van der Waals surface area contributed by atoms with E-state index in [-0.39, 0.29) is 11.7 Å². The maximum absolute atomic E-state index is 12.5. The van der Waals surface area contributed by atoms with Crippen molar-refractivity contribution in [2.75, 3.05) is 28.6 Å². The fourth-order valence-corrected chi connectivity index (χ4v) is 3.80. The summed E-state index contributed by atoms with van der Waals surface area (Å²) in [6.45, 7) is 3.98. The van der Waals surface area contributed by atoms with E-state index in [1.54, 1.807) is 6.07 Å². The quantitative estimate of drug-likeness (QED) is 0.472. The molecule has 0 atom stereocenters. The van der Waals surface area contributed by atoms with Gasteiger partial charge < -0.3 is 20.0 Å². The van der Waals surface area contributed by atoms with Gasteiger partial charge in [0.25, 0.3) is 5.91 Å². The van der Waals surface area contributed by atoms with Crippen molar-refractivity contribution < 1.29 is 9.21 Å². The Morgan fingerprint density at radius 1 is 0.968 bits per heavy atom. The van der Waals surface area contributed by atoms with Crippen LogP contribution >= 0.6 is 0 Å². The van der Waals surface area contributed by atoms with Gasteiger partial charge in [-0.2, -0.15) is 0 Å². The highest BCUT2D eigenvalue weighted by atomic mass is 16.3. The van der Waals surface area contributed by atoms with Gasteiger partial charge in [0.15, 0.2) is 5.76 Å². The average molecular weight is 413 g/mol. The molecule has 0 saturated carbocycles. The number of nitrogens with zero attached hydrogens (tertiary/aromatic N) is 3. The zero-order valence-corrected chi connectivity index (χ0v) is 17.3. The van der Waals surface area contributed by atoms with Crippen LogP contribution in [-0.4, -0.2) is 29.0 Å². The summed E-state index contributed by atoms with van der Waals surface area (Å²) >= 11 is 0. The molecule has 7 nitrogen and oxygen atoms in total. The van der Waals surface area contributed by atoms with Gasteiger partial charge in [0.2, 0.25) is 0 Å². The van der Waals surface area contributed by atoms with Crippen molar-refractivity contribution in [3.8, 4) is 0 Å². The molecule has 4 aromatic rings. The predicted octanol–water partition coefficient (Wildman–Crippen LogP) is 5.13. The van der Waals surface area contributed by atoms with Gasteiger partial charge in [-0.1, -0.05) is 18.2 Å². The summed E-state index contributed by atoms with van der Waals surface area (Å²) in [5, 5.41) is 7.11. The summed E-state index contributed by atoms with van der Waals surface area (Å²) in [5.41, 5.74) is 2.26. The Labute approximate surface area is 180 Å². The van der Waals surface area contributed by atoms with Gasteiger partial charge in [-0.3, -0.25) is 4.79 Å². The predicted molar refractivity (Wildman–Crippen MR) is 122 cm³/mol. The number of aryl methyl sites for hydroxylation is 1. The zero-order valence-electron chi connectivity index (χ0n) is 17.3. The molecule has 0 radical (unpaired) electrons. The van der Waals surface area contributed by atoms with Gasteiger partial charge in [-0.15, -0.1) is 0 Å². The highest BCUT2D eigenvalue weighted by Crippen LogP contribution is 2.24. The van der Waals surface area contributed by atoms with Gasteiger partial charge in [0, 0.05) is 35.9 Å². The Balaban J connectivity index is 1.27. The Morgan fingerprint density at radius 2 is 1.71 bits per heavy atom. The normalized spacial score (nSPS) is 13.5. The number of hydrogen-bond acceptors (Lipinski definition) is 6. The number of furan rings is 1. The van der Waals surface area contributed by atoms with E-state index < -0.39 is 0 Å². The largest absolute Gasteiger partial charge is 0.451 e. The first kappa shape index (κ1) is 19.1. The number of aromatic nitrogens is 2. The summed E-state index contributed by atoms with van der Waals surface area (Å²) in [4.78, 5) is 23.9. The number of carbonyl (C=O) groups is 1. The van der Waals surface area contributed by atoms with Crippen LogP contribution in [-0.2, 0) is 0 Å². The van der Waals surface area contributed by atoms with Gasteiger partial charge in [-0.25, -0.2) is 9.97 Å². The Kier molecular flexibility index (Phi) is 5.00. The minimum atomic E-state index is -0.279. The summed E-state index contributed by atoms with van der Waals surface area (Å²) < 4.78 is 5.63. The second-order valence-electron chi connectivity index (χ2n) is 7.66. The lowest BCUT2D eigenvalue weighted by molar-refractivity contribution is 0.0998. The number of anilines is 4. The van der Waals surface area contributed by atoms with E-state index in [1.807, 2.05) is 61.5 Å². The third-order valence-corrected chi connectivity index (χ3v) is 5.32. The summed E-state index contributed by atoms with van der Waals surface area (Å²) in [6, 6.07) is 18.8. The fraction of sp³-hybridized carbons (Fsp3) is 0.208. The molecular formula is C24H23N5O2. The molecule has 31 heavy (non-hydrogen) atoms. The molecule has 2 aromatic carbocycles. The fourth-order valence-electron chi connectivity index (χ4n) is 3.80. The molecule has 3 heterocycles. The second kappa shape index (κ2) is 8.10. The van der Waals surface area contributed by atoms with Crippen LogP contribution in [0.3, 0.4) is 0 Å². The lowest BCUT2D eigenvalue weighted by Crippen LogP contribution is -2.19. The molecule has 1 aliphatic rings. The standard InChI is InChI=1S/C24H23N5O2/c1-16-25-22(15-23(26-16)29-12-4-5-13-29)27-18-8-10-19(11-9-18)28-24(30)21-14-17-6-2-3-7-20(17)31-21/h2-3,6-11,14-15H,4-5,12-13H2,1H3,(H,28,30)(H,25,26,27). The molecule has 7 heteroatoms. The molecule has 0 spiro atoms. The van der Waals surface area contributed by atoms with Gasteiger partial charge in [0.05, 0.1) is 0 Å². The first-order valence-electron chi connectivity index (χ1n) is 10.4. The molecule has 5 rings (SSSR count). The number of carbonyl (C=O) groups excluding carboxylic acids is 1. The van der Waals surface area contributed by atoms with Crippen molar-refractivity contribution in [1.29, 1.82) is 0 Å². The van der Waals surface area contributed by atoms with Gasteiger partial charge in [-0.05, 0) is 56.2 Å². The van der Waals surface area contributed by atoms with Crippen molar-refractivity contribution in [2.45, 2.75) is 19.8 Å². The number of nitrogens with one attached hydrogen (secondary N) is 2. The molecule has 0 unspecified atom stereocenters. The molecule has 1 amide bonds. The monoisotopic (exact) mass is 413 g/mol. The van der Waals surface area contributed by atoms with Crippen LogP contribution in [0.1, 0.15) is 29.2 Å². The highest BCUT2D eigenvalue weighted by molar-refractivity contribution is 6.04. The van der Waals surface area contributed by atoms with E-state index in [0.29, 0.717) is 11.3 Å². The summed E-state index contributed by atoms with van der Waals surface area (Å²) in [5.74, 6) is 2.46. The van der Waals surface area contributed by atoms with Crippen LogP contribution in [0.25, 0.3) is 11.0 Å². The first-order valence-corrected chi connectivity index (χ1v) is 10.4. The van der Waals surface area contributed by atoms with E-state index in [9.17, 15) is 4.79 Å². The maximum atomic E-state index is 12.5. The van der Waals surface area contributed by atoms with Gasteiger partial charge in [0.1, 0.15) is 23.0 Å². The Morgan fingerprint density at radius 3 is 2.48 bits per heavy atom. The van der Waals surface area contributed by atoms with Crippen LogP contribution in [0.15, 0.2) is 65.1 Å². The third-order valence-electron chi connectivity index (χ3n) is 5.32. The number of benzene rings is 2. The van der Waals surface area contributed by atoms with Crippen LogP contribution in [0.4, 0.5) is 23.0 Å². The van der Waals surface area contributed by atoms with E-state index >= 15 is 0 Å². The lowest BCUT2D eigenvalue weighted by Gasteiger charge is -2.18. The number of fused-ring (bicyclic) bond motifs is 1. The number of para-hydroxylation sites is 1. The zero-order chi connectivity index (χ0) is 21.2. The van der Waals surface area contributed by atoms with Gasteiger partial charge >= 0.3 is 0 Å². The smallest absolute Gasteiger partial charge is 0.291 e. The van der Waals surface area contributed by atoms with E-state index in [1.165, 1.54) is 12.8 Å². The molecule has 2 aromatic heterocycles. The molecule has 0 aliphatic carbocycles. The molecule has 1 aliphatic heterocycles. The van der Waals surface area contributed by atoms with Crippen molar-refractivity contribution in [2.24, 2.45) is 0 Å². The first-order chi connectivity index (χ1) is 15.1. The minimum absolute atomic E-state index is 0.279. The highest BCUT2D eigenvalue weighted by Gasteiger charge is 2.15. The van der Waals surface area contributed by atoms with Crippen LogP contribution in [0, 0.1) is 6.92 Å². The van der Waals surface area contributed by atoms with E-state index in [2.05, 4.69) is 25.5 Å².